The molecule has 0 aliphatic rings. The van der Waals surface area contributed by atoms with E-state index in [0.29, 0.717) is 5.69 Å². The molecule has 0 fully saturated rings. The first-order chi connectivity index (χ1) is 8.02. The Morgan fingerprint density at radius 2 is 2.28 bits per heavy atom. The predicted molar refractivity (Wildman–Crippen MR) is 71.3 cm³/mol. The minimum Gasteiger partial charge on any atom is -0.389 e. The molecule has 1 atom stereocenters. The fourth-order valence-corrected chi connectivity index (χ4v) is 1.67. The van der Waals surface area contributed by atoms with E-state index in [1.54, 1.807) is 10.9 Å². The number of amides is 1. The summed E-state index contributed by atoms with van der Waals surface area (Å²) in [4.78, 5) is 30.4. The highest BCUT2D eigenvalue weighted by atomic mass is 35.5. The van der Waals surface area contributed by atoms with Crippen LogP contribution in [0.2, 0.25) is 0 Å². The number of nitrogens with two attached hydrogens (primary N) is 1. The standard InChI is InChI=1S/C8H7Cl2N3O3S.ClH/c9-5(8(11)15)6(7(10)14)13-16-1-4-2-17-3-12-4;/h2-3,5H,1H2,(H2,11,15);1H/b13-6-;. The van der Waals surface area contributed by atoms with E-state index >= 15 is 0 Å². The monoisotopic (exact) mass is 331 g/mol. The van der Waals surface area contributed by atoms with Gasteiger partial charge in [-0.05, 0) is 11.6 Å². The van der Waals surface area contributed by atoms with Gasteiger partial charge in [0.25, 0.3) is 5.24 Å². The summed E-state index contributed by atoms with van der Waals surface area (Å²) in [6.45, 7) is 0.0412. The molecule has 2 N–H and O–H groups in total. The molecule has 0 spiro atoms. The average molecular weight is 333 g/mol. The molecular formula is C8H8Cl3N3O3S. The van der Waals surface area contributed by atoms with E-state index in [1.807, 2.05) is 0 Å². The Kier molecular flexibility index (Phi) is 7.85. The molecule has 100 valence electrons. The van der Waals surface area contributed by atoms with E-state index in [2.05, 4.69) is 10.1 Å². The van der Waals surface area contributed by atoms with Gasteiger partial charge in [0.1, 0.15) is 0 Å². The summed E-state index contributed by atoms with van der Waals surface area (Å²) >= 11 is 12.1. The number of halogens is 3. The number of nitrogens with zero attached hydrogens (tertiary/aromatic N) is 2. The molecule has 1 heterocycles. The zero-order valence-corrected chi connectivity index (χ0v) is 11.9. The number of thiazole rings is 1. The first kappa shape index (κ1) is 17.1. The van der Waals surface area contributed by atoms with Crippen molar-refractivity contribution in [2.75, 3.05) is 0 Å². The van der Waals surface area contributed by atoms with Gasteiger partial charge in [0.2, 0.25) is 5.91 Å². The molecule has 0 aliphatic heterocycles. The van der Waals surface area contributed by atoms with Gasteiger partial charge >= 0.3 is 0 Å². The van der Waals surface area contributed by atoms with Crippen LogP contribution in [0.25, 0.3) is 0 Å². The van der Waals surface area contributed by atoms with Crippen LogP contribution in [-0.4, -0.2) is 27.2 Å². The van der Waals surface area contributed by atoms with Crippen molar-refractivity contribution in [2.45, 2.75) is 12.0 Å². The fraction of sp³-hybridized carbons (Fsp3) is 0.250. The van der Waals surface area contributed by atoms with Crippen LogP contribution < -0.4 is 5.73 Å². The smallest absolute Gasteiger partial charge is 0.272 e. The van der Waals surface area contributed by atoms with Crippen molar-refractivity contribution >= 4 is 63.8 Å². The summed E-state index contributed by atoms with van der Waals surface area (Å²) in [6, 6.07) is 0. The number of hydrogen-bond donors (Lipinski definition) is 1. The number of aromatic nitrogens is 1. The van der Waals surface area contributed by atoms with E-state index in [0.717, 1.165) is 0 Å². The summed E-state index contributed by atoms with van der Waals surface area (Å²) in [5.41, 5.74) is 6.71. The molecule has 10 heteroatoms. The van der Waals surface area contributed by atoms with Gasteiger partial charge in [-0.1, -0.05) is 5.16 Å². The molecular weight excluding hydrogens is 325 g/mol. The molecule has 1 unspecified atom stereocenters. The Labute approximate surface area is 123 Å². The SMILES string of the molecule is Cl.NC(=O)C(Cl)/C(=N/OCc1cscn1)C(=O)Cl. The lowest BCUT2D eigenvalue weighted by atomic mass is 10.3. The Bertz CT molecular complexity index is 438. The zero-order valence-electron chi connectivity index (χ0n) is 8.71. The van der Waals surface area contributed by atoms with Gasteiger partial charge in [-0.2, -0.15) is 0 Å². The molecule has 0 saturated carbocycles. The molecule has 1 rings (SSSR count). The van der Waals surface area contributed by atoms with Gasteiger partial charge < -0.3 is 10.6 Å². The Balaban J connectivity index is 0.00000289. The number of carbonyl (C=O) groups is 2. The maximum absolute atomic E-state index is 10.9. The van der Waals surface area contributed by atoms with Gasteiger partial charge in [0.15, 0.2) is 17.7 Å². The third-order valence-corrected chi connectivity index (χ3v) is 2.80. The summed E-state index contributed by atoms with van der Waals surface area (Å²) in [7, 11) is 0. The number of hydrogen-bond acceptors (Lipinski definition) is 6. The molecule has 0 radical (unpaired) electrons. The number of rotatable bonds is 6. The highest BCUT2D eigenvalue weighted by Crippen LogP contribution is 2.06. The van der Waals surface area contributed by atoms with Crippen LogP contribution in [0.3, 0.4) is 0 Å². The van der Waals surface area contributed by atoms with E-state index in [1.165, 1.54) is 11.3 Å². The highest BCUT2D eigenvalue weighted by Gasteiger charge is 2.25. The van der Waals surface area contributed by atoms with Crippen molar-refractivity contribution in [3.63, 3.8) is 0 Å². The number of oxime groups is 1. The minimum absolute atomic E-state index is 0. The Morgan fingerprint density at radius 1 is 1.61 bits per heavy atom. The topological polar surface area (TPSA) is 94.6 Å². The molecule has 1 aromatic rings. The van der Waals surface area contributed by atoms with Crippen LogP contribution in [0.1, 0.15) is 5.69 Å². The molecule has 1 aromatic heterocycles. The van der Waals surface area contributed by atoms with Gasteiger partial charge in [0, 0.05) is 5.38 Å². The third-order valence-electron chi connectivity index (χ3n) is 1.55. The quantitative estimate of drug-likeness (QED) is 0.367. The molecule has 0 saturated heterocycles. The van der Waals surface area contributed by atoms with Crippen LogP contribution in [-0.2, 0) is 21.0 Å². The van der Waals surface area contributed by atoms with Gasteiger partial charge in [-0.15, -0.1) is 35.3 Å². The van der Waals surface area contributed by atoms with Gasteiger partial charge in [-0.25, -0.2) is 4.98 Å². The zero-order chi connectivity index (χ0) is 12.8. The average Bonchev–Trinajstić information content (AvgIpc) is 2.75. The van der Waals surface area contributed by atoms with Crippen molar-refractivity contribution in [2.24, 2.45) is 10.9 Å². The Hall–Kier alpha value is -0.890. The number of carbonyl (C=O) groups excluding carboxylic acids is 2. The minimum atomic E-state index is -1.42. The first-order valence-corrected chi connectivity index (χ1v) is 5.98. The van der Waals surface area contributed by atoms with E-state index in [9.17, 15) is 9.59 Å². The number of alkyl halides is 1. The van der Waals surface area contributed by atoms with Crippen LogP contribution in [0.4, 0.5) is 0 Å². The second-order valence-electron chi connectivity index (χ2n) is 2.77. The van der Waals surface area contributed by atoms with Crippen LogP contribution in [0.15, 0.2) is 16.0 Å². The summed E-state index contributed by atoms with van der Waals surface area (Å²) < 4.78 is 0. The van der Waals surface area contributed by atoms with Crippen molar-refractivity contribution in [3.8, 4) is 0 Å². The molecule has 0 bridgehead atoms. The van der Waals surface area contributed by atoms with E-state index < -0.39 is 22.2 Å². The van der Waals surface area contributed by atoms with E-state index in [-0.39, 0.29) is 19.0 Å². The maximum Gasteiger partial charge on any atom is 0.272 e. The fourth-order valence-electron chi connectivity index (χ4n) is 0.793. The first-order valence-electron chi connectivity index (χ1n) is 4.22. The van der Waals surface area contributed by atoms with Crippen molar-refractivity contribution < 1.29 is 14.4 Å². The summed E-state index contributed by atoms with van der Waals surface area (Å²) in [5.74, 6) is -0.934. The lowest BCUT2D eigenvalue weighted by Gasteiger charge is -2.04. The van der Waals surface area contributed by atoms with Gasteiger partial charge in [0.05, 0.1) is 11.2 Å². The summed E-state index contributed by atoms with van der Waals surface area (Å²) in [5, 5.41) is 2.71. The predicted octanol–water partition coefficient (Wildman–Crippen LogP) is 1.30. The third kappa shape index (κ3) is 5.18. The normalized spacial score (nSPS) is 12.4. The number of primary amides is 1. The second kappa shape index (κ2) is 8.25. The van der Waals surface area contributed by atoms with Gasteiger partial charge in [-0.3, -0.25) is 9.59 Å². The molecule has 0 aromatic carbocycles. The summed E-state index contributed by atoms with van der Waals surface area (Å²) in [6.07, 6.45) is 0. The van der Waals surface area contributed by atoms with Crippen LogP contribution >= 0.6 is 46.9 Å². The molecule has 6 nitrogen and oxygen atoms in total. The Morgan fingerprint density at radius 3 is 2.72 bits per heavy atom. The molecule has 0 aliphatic carbocycles. The van der Waals surface area contributed by atoms with Crippen molar-refractivity contribution in [1.29, 1.82) is 0 Å². The highest BCUT2D eigenvalue weighted by molar-refractivity contribution is 7.07. The largest absolute Gasteiger partial charge is 0.389 e. The molecule has 18 heavy (non-hydrogen) atoms. The second-order valence-corrected chi connectivity index (χ2v) is 4.27. The lowest BCUT2D eigenvalue weighted by molar-refractivity contribution is -0.117. The van der Waals surface area contributed by atoms with Crippen LogP contribution in [0.5, 0.6) is 0 Å². The van der Waals surface area contributed by atoms with E-state index in [4.69, 9.17) is 33.8 Å². The maximum atomic E-state index is 10.9. The van der Waals surface area contributed by atoms with Crippen LogP contribution in [0, 0.1) is 0 Å². The lowest BCUT2D eigenvalue weighted by Crippen LogP contribution is -2.34. The molecule has 1 amide bonds. The van der Waals surface area contributed by atoms with Crippen molar-refractivity contribution in [1.82, 2.24) is 4.98 Å². The van der Waals surface area contributed by atoms with Crippen molar-refractivity contribution in [3.05, 3.63) is 16.6 Å².